The van der Waals surface area contributed by atoms with E-state index in [1.54, 1.807) is 12.4 Å². The number of aromatic nitrogens is 1. The van der Waals surface area contributed by atoms with Crippen LogP contribution >= 0.6 is 0 Å². The largest absolute Gasteiger partial charge is 0.392 e. The summed E-state index contributed by atoms with van der Waals surface area (Å²) >= 11 is 0. The van der Waals surface area contributed by atoms with Crippen LogP contribution < -0.4 is 0 Å². The average molecular weight is 217 g/mol. The Morgan fingerprint density at radius 2 is 2.00 bits per heavy atom. The van der Waals surface area contributed by atoms with E-state index in [0.29, 0.717) is 0 Å². The molecular formula is C14H19NO. The summed E-state index contributed by atoms with van der Waals surface area (Å²) in [4.78, 5) is 3.98. The van der Waals surface area contributed by atoms with E-state index >= 15 is 0 Å². The van der Waals surface area contributed by atoms with Gasteiger partial charge in [0.25, 0.3) is 0 Å². The highest BCUT2D eigenvalue weighted by molar-refractivity contribution is 5.13. The maximum Gasteiger partial charge on any atom is 0.0617 e. The lowest BCUT2D eigenvalue weighted by molar-refractivity contribution is 0.173. The number of nitrogens with zero attached hydrogens (tertiary/aromatic N) is 1. The first-order valence-corrected chi connectivity index (χ1v) is 6.09. The third-order valence-electron chi connectivity index (χ3n) is 3.10. The zero-order valence-electron chi connectivity index (χ0n) is 9.60. The van der Waals surface area contributed by atoms with Crippen LogP contribution in [0, 0.1) is 0 Å². The number of hydrogen-bond acceptors (Lipinski definition) is 2. The first-order valence-electron chi connectivity index (χ1n) is 6.09. The van der Waals surface area contributed by atoms with E-state index in [-0.39, 0.29) is 6.10 Å². The molecule has 2 nitrogen and oxygen atoms in total. The van der Waals surface area contributed by atoms with Gasteiger partial charge in [0.05, 0.1) is 6.10 Å². The van der Waals surface area contributed by atoms with Gasteiger partial charge in [-0.05, 0) is 56.2 Å². The minimum absolute atomic E-state index is 0.244. The van der Waals surface area contributed by atoms with Crippen LogP contribution in [-0.2, 0) is 6.42 Å². The Bertz CT molecular complexity index is 345. The zero-order chi connectivity index (χ0) is 11.2. The molecule has 0 fully saturated rings. The number of allylic oxidation sites excluding steroid dienone is 1. The second-order valence-electron chi connectivity index (χ2n) is 4.53. The molecule has 1 aliphatic rings. The molecule has 2 rings (SSSR count). The summed E-state index contributed by atoms with van der Waals surface area (Å²) in [5, 5.41) is 9.99. The lowest BCUT2D eigenvalue weighted by Gasteiger charge is -2.16. The van der Waals surface area contributed by atoms with E-state index in [1.165, 1.54) is 36.8 Å². The van der Waals surface area contributed by atoms with Gasteiger partial charge in [-0.2, -0.15) is 0 Å². The second kappa shape index (κ2) is 5.80. The maximum atomic E-state index is 9.99. The Balaban J connectivity index is 1.84. The minimum atomic E-state index is -0.244. The summed E-state index contributed by atoms with van der Waals surface area (Å²) in [7, 11) is 0. The molecule has 0 saturated heterocycles. The van der Waals surface area contributed by atoms with Crippen LogP contribution in [0.3, 0.4) is 0 Å². The van der Waals surface area contributed by atoms with Gasteiger partial charge >= 0.3 is 0 Å². The molecule has 2 heteroatoms. The monoisotopic (exact) mass is 217 g/mol. The van der Waals surface area contributed by atoms with Gasteiger partial charge < -0.3 is 5.11 Å². The van der Waals surface area contributed by atoms with Crippen molar-refractivity contribution in [3.63, 3.8) is 0 Å². The van der Waals surface area contributed by atoms with Crippen molar-refractivity contribution in [1.82, 2.24) is 4.98 Å². The fraction of sp³-hybridized carbons (Fsp3) is 0.500. The highest BCUT2D eigenvalue weighted by Crippen LogP contribution is 2.22. The number of pyridine rings is 1. The first kappa shape index (κ1) is 11.3. The Morgan fingerprint density at radius 3 is 2.69 bits per heavy atom. The quantitative estimate of drug-likeness (QED) is 0.787. The molecule has 0 aromatic carbocycles. The minimum Gasteiger partial charge on any atom is -0.392 e. The molecule has 1 aliphatic carbocycles. The molecule has 0 amide bonds. The summed E-state index contributed by atoms with van der Waals surface area (Å²) in [5.74, 6) is 0. The van der Waals surface area contributed by atoms with Gasteiger partial charge in [-0.1, -0.05) is 11.6 Å². The third kappa shape index (κ3) is 3.46. The fourth-order valence-corrected chi connectivity index (χ4v) is 2.26. The van der Waals surface area contributed by atoms with E-state index in [9.17, 15) is 5.11 Å². The molecular weight excluding hydrogens is 198 g/mol. The highest BCUT2D eigenvalue weighted by Gasteiger charge is 2.10. The van der Waals surface area contributed by atoms with Gasteiger partial charge in [-0.15, -0.1) is 0 Å². The number of hydrogen-bond donors (Lipinski definition) is 1. The topological polar surface area (TPSA) is 33.1 Å². The molecule has 86 valence electrons. The van der Waals surface area contributed by atoms with Crippen LogP contribution in [0.4, 0.5) is 0 Å². The highest BCUT2D eigenvalue weighted by atomic mass is 16.3. The summed E-state index contributed by atoms with van der Waals surface area (Å²) in [6.07, 6.45) is 12.2. The average Bonchev–Trinajstić information content (AvgIpc) is 2.31. The van der Waals surface area contributed by atoms with E-state index in [2.05, 4.69) is 11.1 Å². The molecule has 1 aromatic rings. The predicted octanol–water partition coefficient (Wildman–Crippen LogP) is 2.88. The molecule has 1 aromatic heterocycles. The standard InChI is InChI=1S/C14H19NO/c16-14(10-12-4-2-1-3-5-12)11-13-6-8-15-9-7-13/h4,6-9,14,16H,1-3,5,10-11H2. The van der Waals surface area contributed by atoms with Crippen molar-refractivity contribution < 1.29 is 5.11 Å². The Labute approximate surface area is 97.0 Å². The van der Waals surface area contributed by atoms with Gasteiger partial charge in [-0.25, -0.2) is 0 Å². The number of aliphatic hydroxyl groups excluding tert-OH is 1. The maximum absolute atomic E-state index is 9.99. The van der Waals surface area contributed by atoms with Gasteiger partial charge in [-0.3, -0.25) is 4.98 Å². The summed E-state index contributed by atoms with van der Waals surface area (Å²) in [5.41, 5.74) is 2.60. The van der Waals surface area contributed by atoms with Crippen molar-refractivity contribution in [3.8, 4) is 0 Å². The van der Waals surface area contributed by atoms with Gasteiger partial charge in [0, 0.05) is 12.4 Å². The molecule has 0 bridgehead atoms. The van der Waals surface area contributed by atoms with E-state index in [1.807, 2.05) is 12.1 Å². The van der Waals surface area contributed by atoms with Crippen LogP contribution in [0.25, 0.3) is 0 Å². The molecule has 1 N–H and O–H groups in total. The Morgan fingerprint density at radius 1 is 1.19 bits per heavy atom. The van der Waals surface area contributed by atoms with Crippen LogP contribution in [-0.4, -0.2) is 16.2 Å². The SMILES string of the molecule is OC(CC1=CCCCC1)Cc1ccncc1. The molecule has 1 heterocycles. The van der Waals surface area contributed by atoms with Gasteiger partial charge in [0.2, 0.25) is 0 Å². The van der Waals surface area contributed by atoms with Crippen LogP contribution in [0.1, 0.15) is 37.7 Å². The first-order chi connectivity index (χ1) is 7.84. The molecule has 16 heavy (non-hydrogen) atoms. The van der Waals surface area contributed by atoms with E-state index < -0.39 is 0 Å². The molecule has 0 saturated carbocycles. The zero-order valence-corrected chi connectivity index (χ0v) is 9.60. The number of aliphatic hydroxyl groups is 1. The second-order valence-corrected chi connectivity index (χ2v) is 4.53. The molecule has 0 spiro atoms. The fourth-order valence-electron chi connectivity index (χ4n) is 2.26. The van der Waals surface area contributed by atoms with Crippen molar-refractivity contribution in [2.24, 2.45) is 0 Å². The van der Waals surface area contributed by atoms with Gasteiger partial charge in [0.1, 0.15) is 0 Å². The molecule has 1 atom stereocenters. The van der Waals surface area contributed by atoms with Crippen molar-refractivity contribution in [2.45, 2.75) is 44.6 Å². The summed E-state index contributed by atoms with van der Waals surface area (Å²) in [6.45, 7) is 0. The van der Waals surface area contributed by atoms with Crippen LogP contribution in [0.15, 0.2) is 36.2 Å². The van der Waals surface area contributed by atoms with Crippen molar-refractivity contribution in [1.29, 1.82) is 0 Å². The van der Waals surface area contributed by atoms with E-state index in [0.717, 1.165) is 12.8 Å². The van der Waals surface area contributed by atoms with Crippen molar-refractivity contribution >= 4 is 0 Å². The van der Waals surface area contributed by atoms with Crippen LogP contribution in [0.2, 0.25) is 0 Å². The lowest BCUT2D eigenvalue weighted by Crippen LogP contribution is -2.12. The Kier molecular flexibility index (Phi) is 4.11. The van der Waals surface area contributed by atoms with Gasteiger partial charge in [0.15, 0.2) is 0 Å². The number of rotatable bonds is 4. The normalized spacial score (nSPS) is 17.9. The van der Waals surface area contributed by atoms with Crippen molar-refractivity contribution in [2.75, 3.05) is 0 Å². The van der Waals surface area contributed by atoms with E-state index in [4.69, 9.17) is 0 Å². The smallest absolute Gasteiger partial charge is 0.0617 e. The third-order valence-corrected chi connectivity index (χ3v) is 3.10. The molecule has 1 unspecified atom stereocenters. The molecule has 0 aliphatic heterocycles. The molecule has 0 radical (unpaired) electrons. The Hall–Kier alpha value is -1.15. The summed E-state index contributed by atoms with van der Waals surface area (Å²) in [6, 6.07) is 3.94. The van der Waals surface area contributed by atoms with Crippen LogP contribution in [0.5, 0.6) is 0 Å². The predicted molar refractivity (Wildman–Crippen MR) is 65.1 cm³/mol. The summed E-state index contributed by atoms with van der Waals surface area (Å²) < 4.78 is 0. The van der Waals surface area contributed by atoms with Crippen molar-refractivity contribution in [3.05, 3.63) is 41.7 Å². The lowest BCUT2D eigenvalue weighted by atomic mass is 9.93.